The highest BCUT2D eigenvalue weighted by Crippen LogP contribution is 2.28. The molecule has 0 spiro atoms. The fraction of sp³-hybridized carbons (Fsp3) is 0.303. The number of phenols is 1. The zero-order valence-electron chi connectivity index (χ0n) is 25.5. The van der Waals surface area contributed by atoms with Gasteiger partial charge in [-0.15, -0.1) is 0 Å². The number of hydrogen-bond acceptors (Lipinski definition) is 7. The lowest BCUT2D eigenvalue weighted by Crippen LogP contribution is -2.57. The molecule has 3 atom stereocenters. The molecule has 4 amide bonds. The number of aromatic nitrogens is 2. The molecule has 2 aliphatic heterocycles. The third-order valence-electron chi connectivity index (χ3n) is 7.52. The van der Waals surface area contributed by atoms with Crippen LogP contribution in [0, 0.1) is 12.8 Å². The van der Waals surface area contributed by atoms with Crippen molar-refractivity contribution in [3.05, 3.63) is 89.4 Å². The van der Waals surface area contributed by atoms with Gasteiger partial charge in [-0.05, 0) is 67.3 Å². The first-order valence-electron chi connectivity index (χ1n) is 14.7. The van der Waals surface area contributed by atoms with E-state index in [0.29, 0.717) is 17.2 Å². The number of pyridine rings is 1. The third kappa shape index (κ3) is 7.40. The Morgan fingerprint density at radius 1 is 1.00 bits per heavy atom. The highest BCUT2D eigenvalue weighted by Gasteiger charge is 2.30. The van der Waals surface area contributed by atoms with E-state index in [2.05, 4.69) is 26.3 Å². The van der Waals surface area contributed by atoms with Crippen LogP contribution < -0.4 is 26.0 Å². The number of benzene rings is 2. The molecule has 4 aromatic rings. The minimum Gasteiger partial charge on any atom is -0.507 e. The van der Waals surface area contributed by atoms with Gasteiger partial charge in [0.15, 0.2) is 0 Å². The topological polar surface area (TPSA) is 163 Å². The Bertz CT molecular complexity index is 1750. The maximum atomic E-state index is 13.5. The lowest BCUT2D eigenvalue weighted by molar-refractivity contribution is -0.132. The number of ether oxygens (including phenoxy) is 1. The second-order valence-corrected chi connectivity index (χ2v) is 11.5. The molecule has 0 saturated carbocycles. The number of aromatic hydroxyl groups is 1. The highest BCUT2D eigenvalue weighted by molar-refractivity contribution is 6.00. The van der Waals surface area contributed by atoms with E-state index < -0.39 is 41.8 Å². The minimum atomic E-state index is -1.03. The van der Waals surface area contributed by atoms with Crippen LogP contribution in [0.25, 0.3) is 5.65 Å². The largest absolute Gasteiger partial charge is 0.507 e. The van der Waals surface area contributed by atoms with Crippen molar-refractivity contribution in [2.45, 2.75) is 58.8 Å². The average molecular weight is 613 g/mol. The molecule has 0 unspecified atom stereocenters. The first kappa shape index (κ1) is 31.0. The standard InChI is InChI=1S/C33H36N6O6/c1-18(2)29-33(44)35-20(4)30(41)37-26(32(43)34-15-22-17-39-16-19(3)5-12-28(39)36-22)13-21-6-8-23(9-7-21)45-24-10-11-27(40)25(14-24)31(42)38-29/h5-12,14,16-18,20,26,29,40H,13,15H2,1-4H3,(H,34,43)(H,35,44)(H,37,41)(H,38,42)/t20-,26-,29-/m0/s1. The number of carbonyl (C=O) groups excluding carboxylic acids is 4. The van der Waals surface area contributed by atoms with Crippen LogP contribution in [0.15, 0.2) is 67.0 Å². The molecule has 4 bridgehead atoms. The van der Waals surface area contributed by atoms with Gasteiger partial charge in [0, 0.05) is 18.8 Å². The smallest absolute Gasteiger partial charge is 0.255 e. The zero-order chi connectivity index (χ0) is 32.2. The van der Waals surface area contributed by atoms with E-state index in [0.717, 1.165) is 16.8 Å². The molecule has 4 heterocycles. The Balaban J connectivity index is 1.41. The van der Waals surface area contributed by atoms with Crippen molar-refractivity contribution in [3.8, 4) is 17.2 Å². The van der Waals surface area contributed by atoms with E-state index in [-0.39, 0.29) is 30.2 Å². The molecule has 0 saturated heterocycles. The molecule has 0 fully saturated rings. The number of fused-ring (bicyclic) bond motifs is 12. The van der Waals surface area contributed by atoms with Crippen molar-refractivity contribution < 1.29 is 29.0 Å². The summed E-state index contributed by atoms with van der Waals surface area (Å²) in [5.74, 6) is -2.14. The Hall–Kier alpha value is -5.39. The van der Waals surface area contributed by atoms with Gasteiger partial charge >= 0.3 is 0 Å². The number of nitrogens with zero attached hydrogens (tertiary/aromatic N) is 2. The average Bonchev–Trinajstić information content (AvgIpc) is 3.41. The predicted octanol–water partition coefficient (Wildman–Crippen LogP) is 2.76. The lowest BCUT2D eigenvalue weighted by Gasteiger charge is -2.25. The molecular weight excluding hydrogens is 576 g/mol. The predicted molar refractivity (Wildman–Crippen MR) is 166 cm³/mol. The molecule has 234 valence electrons. The maximum absolute atomic E-state index is 13.5. The first-order valence-corrected chi connectivity index (χ1v) is 14.7. The maximum Gasteiger partial charge on any atom is 0.255 e. The zero-order valence-corrected chi connectivity index (χ0v) is 25.5. The van der Waals surface area contributed by atoms with Gasteiger partial charge in [0.05, 0.1) is 17.8 Å². The van der Waals surface area contributed by atoms with Crippen LogP contribution in [0.1, 0.15) is 48.0 Å². The number of phenolic OH excluding ortho intramolecular Hbond substituents is 1. The molecular formula is C33H36N6O6. The summed E-state index contributed by atoms with van der Waals surface area (Å²) in [6, 6.07) is 12.0. The molecule has 45 heavy (non-hydrogen) atoms. The number of rotatable bonds is 4. The van der Waals surface area contributed by atoms with Crippen molar-refractivity contribution >= 4 is 29.3 Å². The van der Waals surface area contributed by atoms with Crippen molar-refractivity contribution in [1.29, 1.82) is 0 Å². The van der Waals surface area contributed by atoms with Crippen LogP contribution in [0.2, 0.25) is 0 Å². The van der Waals surface area contributed by atoms with Gasteiger partial charge in [0.2, 0.25) is 17.7 Å². The molecule has 5 N–H and O–H groups in total. The minimum absolute atomic E-state index is 0.0675. The van der Waals surface area contributed by atoms with Gasteiger partial charge in [-0.25, -0.2) is 4.98 Å². The Morgan fingerprint density at radius 2 is 1.73 bits per heavy atom. The molecule has 12 nitrogen and oxygen atoms in total. The molecule has 2 aromatic heterocycles. The molecule has 2 aromatic carbocycles. The Morgan fingerprint density at radius 3 is 2.47 bits per heavy atom. The number of nitrogens with one attached hydrogen (secondary N) is 4. The number of hydrogen-bond donors (Lipinski definition) is 5. The van der Waals surface area contributed by atoms with E-state index in [9.17, 15) is 24.3 Å². The second kappa shape index (κ2) is 13.1. The summed E-state index contributed by atoms with van der Waals surface area (Å²) in [7, 11) is 0. The van der Waals surface area contributed by atoms with E-state index in [4.69, 9.17) is 4.74 Å². The normalized spacial score (nSPS) is 19.2. The Labute approximate surface area is 260 Å². The van der Waals surface area contributed by atoms with E-state index in [1.165, 1.54) is 25.1 Å². The van der Waals surface area contributed by atoms with Crippen LogP contribution >= 0.6 is 0 Å². The number of imidazole rings is 1. The molecule has 0 aliphatic carbocycles. The van der Waals surface area contributed by atoms with E-state index in [1.54, 1.807) is 38.1 Å². The summed E-state index contributed by atoms with van der Waals surface area (Å²) < 4.78 is 7.80. The van der Waals surface area contributed by atoms with Crippen LogP contribution in [-0.2, 0) is 27.3 Å². The molecule has 12 heteroatoms. The van der Waals surface area contributed by atoms with Gasteiger partial charge in [0.25, 0.3) is 5.91 Å². The fourth-order valence-electron chi connectivity index (χ4n) is 5.00. The summed E-state index contributed by atoms with van der Waals surface area (Å²) >= 11 is 0. The van der Waals surface area contributed by atoms with Gasteiger partial charge in [-0.3, -0.25) is 19.2 Å². The summed E-state index contributed by atoms with van der Waals surface area (Å²) in [4.78, 5) is 57.6. The van der Waals surface area contributed by atoms with Gasteiger partial charge in [-0.1, -0.05) is 32.0 Å². The van der Waals surface area contributed by atoms with Crippen LogP contribution in [-0.4, -0.2) is 56.2 Å². The summed E-state index contributed by atoms with van der Waals surface area (Å²) in [6.07, 6.45) is 3.94. The number of aryl methyl sites for hydroxylation is 1. The van der Waals surface area contributed by atoms with Crippen molar-refractivity contribution in [3.63, 3.8) is 0 Å². The van der Waals surface area contributed by atoms with Gasteiger partial charge in [-0.2, -0.15) is 0 Å². The van der Waals surface area contributed by atoms with E-state index >= 15 is 0 Å². The summed E-state index contributed by atoms with van der Waals surface area (Å²) in [5, 5.41) is 21.3. The molecule has 6 rings (SSSR count). The fourth-order valence-corrected chi connectivity index (χ4v) is 5.00. The van der Waals surface area contributed by atoms with Crippen molar-refractivity contribution in [2.75, 3.05) is 0 Å². The molecule has 0 radical (unpaired) electrons. The Kier molecular flexibility index (Phi) is 9.03. The van der Waals surface area contributed by atoms with Crippen molar-refractivity contribution in [1.82, 2.24) is 30.7 Å². The summed E-state index contributed by atoms with van der Waals surface area (Å²) in [6.45, 7) is 7.12. The van der Waals surface area contributed by atoms with Crippen LogP contribution in [0.3, 0.4) is 0 Å². The van der Waals surface area contributed by atoms with Gasteiger partial charge < -0.3 is 35.5 Å². The van der Waals surface area contributed by atoms with Gasteiger partial charge in [0.1, 0.15) is 41.0 Å². The van der Waals surface area contributed by atoms with Crippen LogP contribution in [0.4, 0.5) is 0 Å². The quantitative estimate of drug-likeness (QED) is 0.221. The highest BCUT2D eigenvalue weighted by atomic mass is 16.5. The van der Waals surface area contributed by atoms with Crippen LogP contribution in [0.5, 0.6) is 17.2 Å². The second-order valence-electron chi connectivity index (χ2n) is 11.5. The summed E-state index contributed by atoms with van der Waals surface area (Å²) in [5.41, 5.74) is 3.15. The van der Waals surface area contributed by atoms with Crippen molar-refractivity contribution in [2.24, 2.45) is 5.92 Å². The SMILES string of the molecule is Cc1ccc2nc(CNC(=O)[C@@H]3Cc4ccc(cc4)Oc4ccc(O)c(c4)C(=O)N[C@@H](C(C)C)C(=O)N[C@@H](C)C(=O)N3)cn2c1. The number of carbonyl (C=O) groups is 4. The van der Waals surface area contributed by atoms with E-state index in [1.807, 2.05) is 35.9 Å². The number of amides is 4. The third-order valence-corrected chi connectivity index (χ3v) is 7.52. The molecule has 2 aliphatic rings. The monoisotopic (exact) mass is 612 g/mol. The lowest BCUT2D eigenvalue weighted by atomic mass is 10.0. The first-order chi connectivity index (χ1) is 21.5.